The van der Waals surface area contributed by atoms with Crippen LogP contribution in [0.15, 0.2) is 42.0 Å². The van der Waals surface area contributed by atoms with E-state index in [2.05, 4.69) is 17.2 Å². The summed E-state index contributed by atoms with van der Waals surface area (Å²) in [5.74, 6) is 0.0362. The van der Waals surface area contributed by atoms with E-state index < -0.39 is 0 Å². The van der Waals surface area contributed by atoms with E-state index in [0.717, 1.165) is 5.56 Å². The second-order valence-electron chi connectivity index (χ2n) is 5.18. The standard InChI is InChI=1S/C16H21N3OS/c1-12(15-7-5-9-21-15)18-16(20)11-19(3)13(2)14-6-4-8-17-10-14/h4-10,12-13H,11H2,1-3H3,(H,18,20)/t12-,13+/m0/s1. The van der Waals surface area contributed by atoms with Gasteiger partial charge in [-0.15, -0.1) is 11.3 Å². The number of aromatic nitrogens is 1. The van der Waals surface area contributed by atoms with E-state index >= 15 is 0 Å². The Morgan fingerprint density at radius 2 is 2.19 bits per heavy atom. The van der Waals surface area contributed by atoms with Crippen molar-refractivity contribution in [3.8, 4) is 0 Å². The summed E-state index contributed by atoms with van der Waals surface area (Å²) in [5.41, 5.74) is 1.11. The molecule has 0 aliphatic heterocycles. The van der Waals surface area contributed by atoms with E-state index in [0.29, 0.717) is 6.54 Å². The molecule has 0 aromatic carbocycles. The first-order valence-corrected chi connectivity index (χ1v) is 7.89. The molecular weight excluding hydrogens is 282 g/mol. The van der Waals surface area contributed by atoms with Gasteiger partial charge in [-0.2, -0.15) is 0 Å². The van der Waals surface area contributed by atoms with Gasteiger partial charge >= 0.3 is 0 Å². The maximum Gasteiger partial charge on any atom is 0.234 e. The maximum absolute atomic E-state index is 12.1. The number of rotatable bonds is 6. The number of carbonyl (C=O) groups excluding carboxylic acids is 1. The number of hydrogen-bond acceptors (Lipinski definition) is 4. The molecule has 21 heavy (non-hydrogen) atoms. The predicted molar refractivity (Wildman–Crippen MR) is 86.2 cm³/mol. The van der Waals surface area contributed by atoms with Gasteiger partial charge in [-0.25, -0.2) is 0 Å². The zero-order valence-electron chi connectivity index (χ0n) is 12.6. The molecule has 0 saturated carbocycles. The van der Waals surface area contributed by atoms with Crippen LogP contribution in [-0.4, -0.2) is 29.4 Å². The third kappa shape index (κ3) is 4.37. The van der Waals surface area contributed by atoms with Gasteiger partial charge < -0.3 is 5.32 Å². The molecule has 0 aliphatic rings. The molecule has 0 radical (unpaired) electrons. The SMILES string of the molecule is C[C@H](NC(=O)CN(C)[C@H](C)c1cccnc1)c1cccs1. The van der Waals surface area contributed by atoms with Crippen LogP contribution in [0, 0.1) is 0 Å². The minimum atomic E-state index is 0.0362. The predicted octanol–water partition coefficient (Wildman–Crippen LogP) is 3.01. The summed E-state index contributed by atoms with van der Waals surface area (Å²) >= 11 is 1.66. The lowest BCUT2D eigenvalue weighted by Crippen LogP contribution is -2.37. The second-order valence-corrected chi connectivity index (χ2v) is 6.16. The highest BCUT2D eigenvalue weighted by Gasteiger charge is 2.16. The average Bonchev–Trinajstić information content (AvgIpc) is 3.01. The molecule has 5 heteroatoms. The topological polar surface area (TPSA) is 45.2 Å². The van der Waals surface area contributed by atoms with Gasteiger partial charge in [-0.3, -0.25) is 14.7 Å². The number of carbonyl (C=O) groups is 1. The smallest absolute Gasteiger partial charge is 0.234 e. The molecule has 0 aliphatic carbocycles. The lowest BCUT2D eigenvalue weighted by molar-refractivity contribution is -0.123. The molecule has 1 N–H and O–H groups in total. The molecule has 1 amide bonds. The van der Waals surface area contributed by atoms with E-state index in [-0.39, 0.29) is 18.0 Å². The minimum Gasteiger partial charge on any atom is -0.348 e. The molecule has 4 nitrogen and oxygen atoms in total. The first kappa shape index (κ1) is 15.7. The number of likely N-dealkylation sites (N-methyl/N-ethyl adjacent to an activating group) is 1. The van der Waals surface area contributed by atoms with Gasteiger partial charge in [0.25, 0.3) is 0 Å². The van der Waals surface area contributed by atoms with Gasteiger partial charge in [0.1, 0.15) is 0 Å². The van der Waals surface area contributed by atoms with Crippen LogP contribution in [-0.2, 0) is 4.79 Å². The van der Waals surface area contributed by atoms with E-state index in [1.165, 1.54) is 4.88 Å². The summed E-state index contributed by atoms with van der Waals surface area (Å²) < 4.78 is 0. The fourth-order valence-electron chi connectivity index (χ4n) is 2.14. The van der Waals surface area contributed by atoms with Gasteiger partial charge in [-0.05, 0) is 44.0 Å². The van der Waals surface area contributed by atoms with Crippen LogP contribution >= 0.6 is 11.3 Å². The molecule has 0 spiro atoms. The Hall–Kier alpha value is -1.72. The second kappa shape index (κ2) is 7.33. The number of thiophene rings is 1. The lowest BCUT2D eigenvalue weighted by Gasteiger charge is -2.25. The minimum absolute atomic E-state index is 0.0362. The van der Waals surface area contributed by atoms with E-state index in [1.807, 2.05) is 54.7 Å². The fraction of sp³-hybridized carbons (Fsp3) is 0.375. The third-order valence-corrected chi connectivity index (χ3v) is 4.62. The first-order valence-electron chi connectivity index (χ1n) is 7.01. The Bertz CT molecular complexity index is 556. The summed E-state index contributed by atoms with van der Waals surface area (Å²) in [4.78, 5) is 19.4. The third-order valence-electron chi connectivity index (χ3n) is 3.57. The van der Waals surface area contributed by atoms with Crippen molar-refractivity contribution in [2.24, 2.45) is 0 Å². The Kier molecular flexibility index (Phi) is 5.47. The summed E-state index contributed by atoms with van der Waals surface area (Å²) in [6.45, 7) is 4.45. The van der Waals surface area contributed by atoms with E-state index in [1.54, 1.807) is 17.5 Å². The van der Waals surface area contributed by atoms with Gasteiger partial charge in [0.05, 0.1) is 12.6 Å². The number of pyridine rings is 1. The average molecular weight is 303 g/mol. The monoisotopic (exact) mass is 303 g/mol. The van der Waals surface area contributed by atoms with Crippen LogP contribution in [0.5, 0.6) is 0 Å². The molecule has 2 atom stereocenters. The van der Waals surface area contributed by atoms with Crippen LogP contribution < -0.4 is 5.32 Å². The van der Waals surface area contributed by atoms with Crippen molar-refractivity contribution in [3.63, 3.8) is 0 Å². The Morgan fingerprint density at radius 1 is 1.38 bits per heavy atom. The molecule has 2 heterocycles. The summed E-state index contributed by atoms with van der Waals surface area (Å²) in [6.07, 6.45) is 3.60. The zero-order chi connectivity index (χ0) is 15.2. The van der Waals surface area contributed by atoms with E-state index in [4.69, 9.17) is 0 Å². The molecule has 0 bridgehead atoms. The first-order chi connectivity index (χ1) is 10.1. The number of nitrogens with zero attached hydrogens (tertiary/aromatic N) is 2. The quantitative estimate of drug-likeness (QED) is 0.892. The molecular formula is C16H21N3OS. The Labute approximate surface area is 129 Å². The lowest BCUT2D eigenvalue weighted by atomic mass is 10.1. The van der Waals surface area contributed by atoms with Crippen molar-refractivity contribution in [2.75, 3.05) is 13.6 Å². The van der Waals surface area contributed by atoms with E-state index in [9.17, 15) is 4.79 Å². The van der Waals surface area contributed by atoms with Crippen LogP contribution in [0.25, 0.3) is 0 Å². The molecule has 112 valence electrons. The maximum atomic E-state index is 12.1. The molecule has 0 unspecified atom stereocenters. The van der Waals surface area contributed by atoms with Gasteiger partial charge in [0, 0.05) is 23.3 Å². The van der Waals surface area contributed by atoms with Crippen molar-refractivity contribution >= 4 is 17.2 Å². The molecule has 2 rings (SSSR count). The van der Waals surface area contributed by atoms with Crippen molar-refractivity contribution in [1.82, 2.24) is 15.2 Å². The fourth-order valence-corrected chi connectivity index (χ4v) is 2.87. The highest BCUT2D eigenvalue weighted by Crippen LogP contribution is 2.19. The highest BCUT2D eigenvalue weighted by molar-refractivity contribution is 7.10. The van der Waals surface area contributed by atoms with Gasteiger partial charge in [0.15, 0.2) is 0 Å². The summed E-state index contributed by atoms with van der Waals surface area (Å²) in [5, 5.41) is 5.06. The summed E-state index contributed by atoms with van der Waals surface area (Å²) in [7, 11) is 1.95. The number of nitrogens with one attached hydrogen (secondary N) is 1. The largest absolute Gasteiger partial charge is 0.348 e. The number of amides is 1. The van der Waals surface area contributed by atoms with Crippen LogP contribution in [0.4, 0.5) is 0 Å². The molecule has 0 saturated heterocycles. The number of hydrogen-bond donors (Lipinski definition) is 1. The van der Waals surface area contributed by atoms with Crippen LogP contribution in [0.3, 0.4) is 0 Å². The van der Waals surface area contributed by atoms with Crippen LogP contribution in [0.2, 0.25) is 0 Å². The Balaban J connectivity index is 1.87. The molecule has 0 fully saturated rings. The zero-order valence-corrected chi connectivity index (χ0v) is 13.4. The Morgan fingerprint density at radius 3 is 2.81 bits per heavy atom. The van der Waals surface area contributed by atoms with Crippen molar-refractivity contribution in [3.05, 3.63) is 52.5 Å². The normalized spacial score (nSPS) is 13.9. The highest BCUT2D eigenvalue weighted by atomic mass is 32.1. The molecule has 2 aromatic heterocycles. The van der Waals surface area contributed by atoms with Crippen molar-refractivity contribution < 1.29 is 4.79 Å². The molecule has 2 aromatic rings. The van der Waals surface area contributed by atoms with Crippen molar-refractivity contribution in [2.45, 2.75) is 25.9 Å². The van der Waals surface area contributed by atoms with Gasteiger partial charge in [-0.1, -0.05) is 12.1 Å². The van der Waals surface area contributed by atoms with Crippen molar-refractivity contribution in [1.29, 1.82) is 0 Å². The van der Waals surface area contributed by atoms with Crippen LogP contribution in [0.1, 0.15) is 36.4 Å². The summed E-state index contributed by atoms with van der Waals surface area (Å²) in [6, 6.07) is 8.19. The van der Waals surface area contributed by atoms with Gasteiger partial charge in [0.2, 0.25) is 5.91 Å².